The number of hydrogen-bond donors (Lipinski definition) is 3. The van der Waals surface area contributed by atoms with Crippen LogP contribution in [0.3, 0.4) is 0 Å². The van der Waals surface area contributed by atoms with Gasteiger partial charge in [-0.25, -0.2) is 14.3 Å². The number of rotatable bonds is 10. The lowest BCUT2D eigenvalue weighted by molar-refractivity contribution is -0.687. The molecule has 2 amide bonds. The summed E-state index contributed by atoms with van der Waals surface area (Å²) in [5, 5.41) is 28.9. The lowest BCUT2D eigenvalue weighted by Gasteiger charge is -2.50. The Morgan fingerprint density at radius 1 is 1.32 bits per heavy atom. The summed E-state index contributed by atoms with van der Waals surface area (Å²) in [6, 6.07) is 4.57. The maximum atomic E-state index is 13.2. The van der Waals surface area contributed by atoms with Crippen LogP contribution in [0.15, 0.2) is 64.6 Å². The minimum absolute atomic E-state index is 0.0545. The molecule has 2 atom stereocenters. The highest BCUT2D eigenvalue weighted by Crippen LogP contribution is 2.40. The molecule has 0 radical (unpaired) electrons. The molecule has 0 aromatic carbocycles. The SMILES string of the molecule is Nc1nc(/C(=N\OC2(C(=O)O)CCC2)C(=O)NC2C(=O)N3C(C(=O)[O-])=C(/C=C/C[n+]4ccccc4)CS[C@H]23)cs1. The molecule has 1 saturated heterocycles. The van der Waals surface area contributed by atoms with E-state index in [4.69, 9.17) is 10.6 Å². The molecule has 0 bridgehead atoms. The summed E-state index contributed by atoms with van der Waals surface area (Å²) in [6.07, 6.45) is 8.27. The molecular weight excluding hydrogens is 560 g/mol. The number of nitrogen functional groups attached to an aromatic ring is 1. The third kappa shape index (κ3) is 5.16. The number of aromatic nitrogens is 2. The van der Waals surface area contributed by atoms with Crippen molar-refractivity contribution in [3.05, 3.63) is 65.1 Å². The predicted molar refractivity (Wildman–Crippen MR) is 141 cm³/mol. The van der Waals surface area contributed by atoms with E-state index in [1.807, 2.05) is 35.2 Å². The highest BCUT2D eigenvalue weighted by atomic mass is 32.2. The number of carboxylic acid groups (broad SMARTS) is 2. The minimum atomic E-state index is -1.54. The van der Waals surface area contributed by atoms with Gasteiger partial charge in [0.15, 0.2) is 29.8 Å². The first-order chi connectivity index (χ1) is 19.2. The van der Waals surface area contributed by atoms with Gasteiger partial charge in [0, 0.05) is 36.1 Å². The summed E-state index contributed by atoms with van der Waals surface area (Å²) in [4.78, 5) is 60.5. The number of oxime groups is 1. The average Bonchev–Trinajstić information content (AvgIpc) is 3.34. The first kappa shape index (κ1) is 27.3. The third-order valence-corrected chi connectivity index (χ3v) is 8.71. The number of fused-ring (bicyclic) bond motifs is 1. The number of anilines is 1. The van der Waals surface area contributed by atoms with E-state index in [0.717, 1.165) is 16.2 Å². The third-order valence-electron chi connectivity index (χ3n) is 6.73. The monoisotopic (exact) mass is 584 g/mol. The molecule has 0 spiro atoms. The average molecular weight is 585 g/mol. The molecular formula is C25H24N6O7S2. The van der Waals surface area contributed by atoms with E-state index in [1.165, 1.54) is 17.1 Å². The predicted octanol–water partition coefficient (Wildman–Crippen LogP) is -0.599. The van der Waals surface area contributed by atoms with Crippen LogP contribution in [-0.2, 0) is 30.6 Å². The topological polar surface area (TPSA) is 191 Å². The number of nitrogens with two attached hydrogens (primary N) is 1. The van der Waals surface area contributed by atoms with Gasteiger partial charge in [0.25, 0.3) is 11.8 Å². The van der Waals surface area contributed by atoms with E-state index >= 15 is 0 Å². The number of carboxylic acids is 2. The van der Waals surface area contributed by atoms with Gasteiger partial charge in [0.05, 0.1) is 11.7 Å². The first-order valence-electron chi connectivity index (χ1n) is 12.2. The van der Waals surface area contributed by atoms with Crippen LogP contribution in [0, 0.1) is 0 Å². The molecule has 4 N–H and O–H groups in total. The Bertz CT molecular complexity index is 1450. The van der Waals surface area contributed by atoms with Crippen LogP contribution in [0.1, 0.15) is 25.0 Å². The molecule has 1 saturated carbocycles. The van der Waals surface area contributed by atoms with E-state index in [9.17, 15) is 29.4 Å². The lowest BCUT2D eigenvalue weighted by atomic mass is 9.80. The minimum Gasteiger partial charge on any atom is -0.543 e. The van der Waals surface area contributed by atoms with Crippen LogP contribution in [0.25, 0.3) is 0 Å². The Labute approximate surface area is 236 Å². The van der Waals surface area contributed by atoms with E-state index in [0.29, 0.717) is 18.5 Å². The van der Waals surface area contributed by atoms with Crippen LogP contribution in [-0.4, -0.2) is 67.2 Å². The van der Waals surface area contributed by atoms with Crippen molar-refractivity contribution >= 4 is 57.7 Å². The maximum absolute atomic E-state index is 13.2. The number of hydrogen-bond acceptors (Lipinski definition) is 11. The quantitative estimate of drug-likeness (QED) is 0.141. The second kappa shape index (κ2) is 11.1. The van der Waals surface area contributed by atoms with E-state index in [2.05, 4.69) is 15.5 Å². The number of carbonyl (C=O) groups is 4. The molecule has 13 nitrogen and oxygen atoms in total. The number of pyridine rings is 1. The smallest absolute Gasteiger partial charge is 0.350 e. The Hall–Kier alpha value is -4.24. The van der Waals surface area contributed by atoms with Crippen molar-refractivity contribution in [3.8, 4) is 0 Å². The Morgan fingerprint density at radius 2 is 2.08 bits per heavy atom. The summed E-state index contributed by atoms with van der Waals surface area (Å²) < 4.78 is 1.90. The molecule has 15 heteroatoms. The summed E-state index contributed by atoms with van der Waals surface area (Å²) in [6.45, 7) is 0.500. The molecule has 2 aromatic heterocycles. The number of carbonyl (C=O) groups excluding carboxylic acids is 3. The van der Waals surface area contributed by atoms with E-state index in [-0.39, 0.29) is 40.8 Å². The molecule has 2 fully saturated rings. The summed E-state index contributed by atoms with van der Waals surface area (Å²) in [5.41, 5.74) is 4.06. The van der Waals surface area contributed by atoms with Crippen LogP contribution in [0.4, 0.5) is 5.13 Å². The van der Waals surface area contributed by atoms with Gasteiger partial charge in [0.2, 0.25) is 5.60 Å². The zero-order chi connectivity index (χ0) is 28.4. The van der Waals surface area contributed by atoms with Crippen molar-refractivity contribution in [2.24, 2.45) is 5.16 Å². The van der Waals surface area contributed by atoms with Gasteiger partial charge < -0.3 is 30.9 Å². The second-order valence-corrected chi connectivity index (χ2v) is 11.2. The lowest BCUT2D eigenvalue weighted by Crippen LogP contribution is -2.71. The molecule has 40 heavy (non-hydrogen) atoms. The maximum Gasteiger partial charge on any atom is 0.350 e. The number of thiazole rings is 1. The number of allylic oxidation sites excluding steroid dienone is 2. The Balaban J connectivity index is 1.32. The molecule has 4 heterocycles. The Kier molecular flexibility index (Phi) is 7.58. The highest BCUT2D eigenvalue weighted by Gasteiger charge is 2.53. The molecule has 1 aliphatic carbocycles. The molecule has 1 unspecified atom stereocenters. The second-order valence-electron chi connectivity index (χ2n) is 9.25. The largest absolute Gasteiger partial charge is 0.543 e. The first-order valence-corrected chi connectivity index (χ1v) is 14.1. The van der Waals surface area contributed by atoms with Gasteiger partial charge in [-0.1, -0.05) is 17.3 Å². The van der Waals surface area contributed by atoms with Crippen molar-refractivity contribution < 1.29 is 38.8 Å². The van der Waals surface area contributed by atoms with Crippen molar-refractivity contribution in [2.45, 2.75) is 42.8 Å². The van der Waals surface area contributed by atoms with Crippen molar-refractivity contribution in [1.29, 1.82) is 0 Å². The summed E-state index contributed by atoms with van der Waals surface area (Å²) >= 11 is 2.33. The number of aliphatic carboxylic acids is 2. The van der Waals surface area contributed by atoms with Crippen LogP contribution in [0.2, 0.25) is 0 Å². The summed E-state index contributed by atoms with van der Waals surface area (Å²) in [7, 11) is 0. The normalized spacial score (nSPS) is 21.9. The van der Waals surface area contributed by atoms with Gasteiger partial charge in [-0.2, -0.15) is 0 Å². The number of β-lactam (4-membered cyclic amide) rings is 1. The van der Waals surface area contributed by atoms with Crippen LogP contribution >= 0.6 is 23.1 Å². The van der Waals surface area contributed by atoms with Gasteiger partial charge in [-0.05, 0) is 18.1 Å². The van der Waals surface area contributed by atoms with Crippen LogP contribution < -0.4 is 20.7 Å². The standard InChI is InChI=1S/C25H24N6O7S2/c26-24-27-15(13-40-24)16(29-38-25(23(36)37)7-5-8-25)19(32)28-17-20(33)31-18(22(34)35)14(12-39-21(17)31)6-4-11-30-9-2-1-3-10-30/h1-4,6,9-10,13,17,21H,5,7-8,11-12H2,(H4-,26,27,28,32,34,35,36,37)/b6-4+,29-16+/t17?,21-/m1/s1. The summed E-state index contributed by atoms with van der Waals surface area (Å²) in [5.74, 6) is -3.89. The number of nitrogens with zero attached hydrogens (tertiary/aromatic N) is 4. The number of nitrogens with one attached hydrogen (secondary N) is 1. The number of thioether (sulfide) groups is 1. The highest BCUT2D eigenvalue weighted by molar-refractivity contribution is 8.00. The zero-order valence-electron chi connectivity index (χ0n) is 20.9. The molecule has 208 valence electrons. The Morgan fingerprint density at radius 3 is 2.67 bits per heavy atom. The zero-order valence-corrected chi connectivity index (χ0v) is 22.5. The fourth-order valence-corrected chi connectivity index (χ4v) is 6.28. The molecule has 2 aromatic rings. The van der Waals surface area contributed by atoms with Crippen molar-refractivity contribution in [3.63, 3.8) is 0 Å². The molecule has 3 aliphatic rings. The molecule has 2 aliphatic heterocycles. The van der Waals surface area contributed by atoms with Gasteiger partial charge in [-0.3, -0.25) is 14.5 Å². The van der Waals surface area contributed by atoms with Gasteiger partial charge >= 0.3 is 5.97 Å². The molecule has 5 rings (SSSR count). The van der Waals surface area contributed by atoms with Gasteiger partial charge in [-0.15, -0.1) is 23.1 Å². The fourth-order valence-electron chi connectivity index (χ4n) is 4.42. The van der Waals surface area contributed by atoms with E-state index < -0.39 is 40.8 Å². The van der Waals surface area contributed by atoms with Gasteiger partial charge in [0.1, 0.15) is 17.1 Å². The number of amides is 2. The van der Waals surface area contributed by atoms with E-state index in [1.54, 1.807) is 12.2 Å². The fraction of sp³-hybridized carbons (Fsp3) is 0.320. The van der Waals surface area contributed by atoms with Crippen molar-refractivity contribution in [2.75, 3.05) is 11.5 Å². The van der Waals surface area contributed by atoms with Crippen molar-refractivity contribution in [1.82, 2.24) is 15.2 Å². The van der Waals surface area contributed by atoms with Crippen LogP contribution in [0.5, 0.6) is 0 Å².